The molecule has 0 nitrogen and oxygen atoms in total. The lowest BCUT2D eigenvalue weighted by molar-refractivity contribution is 0.524. The molecule has 0 heterocycles. The smallest absolute Gasteiger partial charge is 0.0125 e. The predicted molar refractivity (Wildman–Crippen MR) is 84.0 cm³/mol. The van der Waals surface area contributed by atoms with Crippen LogP contribution in [0.5, 0.6) is 0 Å². The van der Waals surface area contributed by atoms with Gasteiger partial charge in [0, 0.05) is 11.2 Å². The van der Waals surface area contributed by atoms with Crippen molar-refractivity contribution >= 4 is 12.6 Å². The minimum Gasteiger partial charge on any atom is -0.175 e. The molecule has 0 N–H and O–H groups in total. The van der Waals surface area contributed by atoms with Crippen molar-refractivity contribution < 1.29 is 0 Å². The van der Waals surface area contributed by atoms with Gasteiger partial charge in [0.05, 0.1) is 0 Å². The highest BCUT2D eigenvalue weighted by Crippen LogP contribution is 2.51. The van der Waals surface area contributed by atoms with E-state index in [1.807, 2.05) is 0 Å². The van der Waals surface area contributed by atoms with Gasteiger partial charge in [0.2, 0.25) is 0 Å². The maximum atomic E-state index is 4.49. The molecule has 98 valence electrons. The average molecular weight is 260 g/mol. The lowest BCUT2D eigenvalue weighted by Gasteiger charge is -2.30. The zero-order chi connectivity index (χ0) is 13.3. The van der Waals surface area contributed by atoms with Gasteiger partial charge in [-0.1, -0.05) is 52.0 Å². The first-order chi connectivity index (χ1) is 8.56. The highest BCUT2D eigenvalue weighted by molar-refractivity contribution is 7.80. The van der Waals surface area contributed by atoms with Gasteiger partial charge in [-0.05, 0) is 41.1 Å². The summed E-state index contributed by atoms with van der Waals surface area (Å²) >= 11 is 4.49. The summed E-state index contributed by atoms with van der Waals surface area (Å²) in [4.78, 5) is 0. The molecular weight excluding hydrogens is 236 g/mol. The standard InChI is InChI=1S/C17H24S/c1-5-7-12-8-9-16-15(14(12)6-2)10-13(11-18)17(16,3)4/h6,9-10,12,18H,2,5,7-8,11H2,1,3-4H3. The Labute approximate surface area is 117 Å². The van der Waals surface area contributed by atoms with E-state index >= 15 is 0 Å². The molecule has 2 rings (SSSR count). The lowest BCUT2D eigenvalue weighted by atomic mass is 9.74. The van der Waals surface area contributed by atoms with Gasteiger partial charge in [-0.2, -0.15) is 12.6 Å². The van der Waals surface area contributed by atoms with E-state index in [0.29, 0.717) is 5.92 Å². The number of thiol groups is 1. The molecule has 2 aliphatic carbocycles. The van der Waals surface area contributed by atoms with Gasteiger partial charge < -0.3 is 0 Å². The Balaban J connectivity index is 2.49. The van der Waals surface area contributed by atoms with E-state index in [2.05, 4.69) is 58.2 Å². The fraction of sp³-hybridized carbons (Fsp3) is 0.529. The molecule has 0 aromatic carbocycles. The molecule has 0 aliphatic heterocycles. The second kappa shape index (κ2) is 5.13. The summed E-state index contributed by atoms with van der Waals surface area (Å²) in [6.07, 6.45) is 10.6. The monoisotopic (exact) mass is 260 g/mol. The number of hydrogen-bond donors (Lipinski definition) is 1. The van der Waals surface area contributed by atoms with Gasteiger partial charge in [-0.15, -0.1) is 0 Å². The van der Waals surface area contributed by atoms with Crippen molar-refractivity contribution in [3.8, 4) is 0 Å². The molecule has 1 heteroatoms. The zero-order valence-corrected chi connectivity index (χ0v) is 12.7. The maximum absolute atomic E-state index is 4.49. The summed E-state index contributed by atoms with van der Waals surface area (Å²) in [5, 5.41) is 0. The van der Waals surface area contributed by atoms with E-state index in [1.54, 1.807) is 0 Å². The molecule has 0 saturated carbocycles. The molecule has 0 aromatic rings. The topological polar surface area (TPSA) is 0 Å². The predicted octanol–water partition coefficient (Wildman–Crippen LogP) is 5.11. The molecule has 0 amide bonds. The van der Waals surface area contributed by atoms with E-state index in [4.69, 9.17) is 0 Å². The normalized spacial score (nSPS) is 25.7. The van der Waals surface area contributed by atoms with Gasteiger partial charge in [0.25, 0.3) is 0 Å². The van der Waals surface area contributed by atoms with Gasteiger partial charge >= 0.3 is 0 Å². The van der Waals surface area contributed by atoms with Crippen LogP contribution in [-0.4, -0.2) is 5.75 Å². The van der Waals surface area contributed by atoms with Crippen molar-refractivity contribution in [1.29, 1.82) is 0 Å². The van der Waals surface area contributed by atoms with Crippen molar-refractivity contribution in [1.82, 2.24) is 0 Å². The molecule has 18 heavy (non-hydrogen) atoms. The number of rotatable bonds is 4. The third-order valence-electron chi connectivity index (χ3n) is 4.47. The van der Waals surface area contributed by atoms with Crippen LogP contribution in [0.1, 0.15) is 40.0 Å². The van der Waals surface area contributed by atoms with E-state index in [1.165, 1.54) is 41.6 Å². The Morgan fingerprint density at radius 3 is 2.78 bits per heavy atom. The Hall–Kier alpha value is -0.690. The van der Waals surface area contributed by atoms with Crippen LogP contribution < -0.4 is 0 Å². The molecule has 0 spiro atoms. The Morgan fingerprint density at radius 2 is 2.22 bits per heavy atom. The second-order valence-electron chi connectivity index (χ2n) is 5.86. The van der Waals surface area contributed by atoms with Gasteiger partial charge in [0.15, 0.2) is 0 Å². The molecule has 0 aromatic heterocycles. The highest BCUT2D eigenvalue weighted by atomic mass is 32.1. The molecular formula is C17H24S. The fourth-order valence-electron chi connectivity index (χ4n) is 3.29. The van der Waals surface area contributed by atoms with E-state index in [9.17, 15) is 0 Å². The molecule has 1 atom stereocenters. The van der Waals surface area contributed by atoms with E-state index in [0.717, 1.165) is 5.75 Å². The largest absolute Gasteiger partial charge is 0.175 e. The van der Waals surface area contributed by atoms with Crippen LogP contribution >= 0.6 is 12.6 Å². The molecule has 0 radical (unpaired) electrons. The van der Waals surface area contributed by atoms with Crippen molar-refractivity contribution in [2.45, 2.75) is 40.0 Å². The SMILES string of the molecule is C=CC1=C2C=C(CS)C(C)(C)C2=CCC1CCC. The quantitative estimate of drug-likeness (QED) is 0.667. The van der Waals surface area contributed by atoms with Gasteiger partial charge in [-0.25, -0.2) is 0 Å². The van der Waals surface area contributed by atoms with Crippen LogP contribution in [-0.2, 0) is 0 Å². The Morgan fingerprint density at radius 1 is 1.50 bits per heavy atom. The van der Waals surface area contributed by atoms with Crippen LogP contribution in [0.4, 0.5) is 0 Å². The molecule has 0 fully saturated rings. The highest BCUT2D eigenvalue weighted by Gasteiger charge is 2.37. The minimum atomic E-state index is 0.155. The van der Waals surface area contributed by atoms with Crippen molar-refractivity contribution in [3.63, 3.8) is 0 Å². The zero-order valence-electron chi connectivity index (χ0n) is 11.8. The minimum absolute atomic E-state index is 0.155. The van der Waals surface area contributed by atoms with Crippen LogP contribution in [0.25, 0.3) is 0 Å². The van der Waals surface area contributed by atoms with Crippen LogP contribution in [0.2, 0.25) is 0 Å². The Kier molecular flexibility index (Phi) is 3.91. The fourth-order valence-corrected chi connectivity index (χ4v) is 3.78. The molecule has 1 unspecified atom stereocenters. The second-order valence-corrected chi connectivity index (χ2v) is 6.18. The number of allylic oxidation sites excluding steroid dienone is 6. The van der Waals surface area contributed by atoms with Gasteiger partial charge in [0.1, 0.15) is 0 Å². The first kappa shape index (κ1) is 13.7. The first-order valence-electron chi connectivity index (χ1n) is 6.95. The maximum Gasteiger partial charge on any atom is 0.0125 e. The van der Waals surface area contributed by atoms with Crippen LogP contribution in [0.15, 0.2) is 47.1 Å². The summed E-state index contributed by atoms with van der Waals surface area (Å²) in [5.41, 5.74) is 5.98. The molecule has 2 aliphatic rings. The summed E-state index contributed by atoms with van der Waals surface area (Å²) < 4.78 is 0. The summed E-state index contributed by atoms with van der Waals surface area (Å²) in [6, 6.07) is 0. The van der Waals surface area contributed by atoms with E-state index in [-0.39, 0.29) is 5.41 Å². The third kappa shape index (κ3) is 2.03. The summed E-state index contributed by atoms with van der Waals surface area (Å²) in [7, 11) is 0. The van der Waals surface area contributed by atoms with E-state index < -0.39 is 0 Å². The molecule has 0 bridgehead atoms. The van der Waals surface area contributed by atoms with Crippen molar-refractivity contribution in [2.75, 3.05) is 5.75 Å². The van der Waals surface area contributed by atoms with Crippen LogP contribution in [0.3, 0.4) is 0 Å². The third-order valence-corrected chi connectivity index (χ3v) is 4.81. The van der Waals surface area contributed by atoms with Crippen molar-refractivity contribution in [3.05, 3.63) is 47.1 Å². The number of hydrogen-bond acceptors (Lipinski definition) is 1. The number of fused-ring (bicyclic) bond motifs is 1. The molecule has 0 saturated heterocycles. The lowest BCUT2D eigenvalue weighted by Crippen LogP contribution is -2.18. The first-order valence-corrected chi connectivity index (χ1v) is 7.59. The summed E-state index contributed by atoms with van der Waals surface area (Å²) in [5.74, 6) is 1.51. The summed E-state index contributed by atoms with van der Waals surface area (Å²) in [6.45, 7) is 10.9. The average Bonchev–Trinajstić information content (AvgIpc) is 2.61. The van der Waals surface area contributed by atoms with Crippen molar-refractivity contribution in [2.24, 2.45) is 11.3 Å². The van der Waals surface area contributed by atoms with Crippen LogP contribution in [0, 0.1) is 11.3 Å². The van der Waals surface area contributed by atoms with Gasteiger partial charge in [-0.3, -0.25) is 0 Å². The Bertz CT molecular complexity index is 446.